The first-order chi connectivity index (χ1) is 9.22. The van der Waals surface area contributed by atoms with E-state index in [0.717, 1.165) is 11.1 Å². The van der Waals surface area contributed by atoms with Crippen LogP contribution in [0.2, 0.25) is 0 Å². The summed E-state index contributed by atoms with van der Waals surface area (Å²) in [6.07, 6.45) is -0.382. The van der Waals surface area contributed by atoms with Gasteiger partial charge in [-0.05, 0) is 25.0 Å². The molecule has 19 heavy (non-hydrogen) atoms. The van der Waals surface area contributed by atoms with Crippen LogP contribution >= 0.6 is 0 Å². The third-order valence-electron chi connectivity index (χ3n) is 3.06. The van der Waals surface area contributed by atoms with Crippen molar-refractivity contribution in [3.63, 3.8) is 0 Å². The number of ether oxygens (including phenoxy) is 1. The Bertz CT molecular complexity index is 529. The Morgan fingerprint density at radius 2 is 1.58 bits per heavy atom. The van der Waals surface area contributed by atoms with E-state index in [9.17, 15) is 4.79 Å². The van der Waals surface area contributed by atoms with Crippen molar-refractivity contribution in [2.24, 2.45) is 0 Å². The Hall–Kier alpha value is -1.93. The van der Waals surface area contributed by atoms with Crippen molar-refractivity contribution in [1.29, 1.82) is 0 Å². The molecule has 0 bridgehead atoms. The SMILES string of the molecule is CCOC(C)C(=O)c1ccc(-c2ccccc2)cc1. The minimum absolute atomic E-state index is 0.0291. The molecule has 0 aromatic heterocycles. The topological polar surface area (TPSA) is 26.3 Å². The van der Waals surface area contributed by atoms with Crippen LogP contribution in [0.1, 0.15) is 24.2 Å². The number of hydrogen-bond donors (Lipinski definition) is 0. The summed E-state index contributed by atoms with van der Waals surface area (Å²) in [6.45, 7) is 4.23. The van der Waals surface area contributed by atoms with E-state index in [1.54, 1.807) is 6.92 Å². The molecule has 98 valence electrons. The van der Waals surface area contributed by atoms with Crippen molar-refractivity contribution in [2.45, 2.75) is 20.0 Å². The molecule has 0 spiro atoms. The van der Waals surface area contributed by atoms with Gasteiger partial charge in [-0.15, -0.1) is 0 Å². The van der Waals surface area contributed by atoms with Crippen LogP contribution in [0.25, 0.3) is 11.1 Å². The summed E-state index contributed by atoms with van der Waals surface area (Å²) in [4.78, 5) is 12.1. The number of benzene rings is 2. The van der Waals surface area contributed by atoms with Gasteiger partial charge in [-0.3, -0.25) is 4.79 Å². The maximum Gasteiger partial charge on any atom is 0.191 e. The lowest BCUT2D eigenvalue weighted by Gasteiger charge is -2.10. The molecule has 1 atom stereocenters. The highest BCUT2D eigenvalue weighted by atomic mass is 16.5. The predicted molar refractivity (Wildman–Crippen MR) is 77.3 cm³/mol. The van der Waals surface area contributed by atoms with Crippen molar-refractivity contribution in [3.05, 3.63) is 60.2 Å². The standard InChI is InChI=1S/C17H18O2/c1-3-19-13(2)17(18)16-11-9-15(10-12-16)14-7-5-4-6-8-14/h4-13H,3H2,1-2H3. The molecule has 0 saturated heterocycles. The lowest BCUT2D eigenvalue weighted by atomic mass is 10.0. The molecule has 0 amide bonds. The highest BCUT2D eigenvalue weighted by Crippen LogP contribution is 2.19. The smallest absolute Gasteiger partial charge is 0.191 e. The van der Waals surface area contributed by atoms with Crippen molar-refractivity contribution in [1.82, 2.24) is 0 Å². The van der Waals surface area contributed by atoms with Crippen LogP contribution in [0.15, 0.2) is 54.6 Å². The van der Waals surface area contributed by atoms with E-state index in [2.05, 4.69) is 12.1 Å². The summed E-state index contributed by atoms with van der Waals surface area (Å²) in [7, 11) is 0. The number of carbonyl (C=O) groups is 1. The largest absolute Gasteiger partial charge is 0.371 e. The van der Waals surface area contributed by atoms with Gasteiger partial charge in [0.2, 0.25) is 0 Å². The van der Waals surface area contributed by atoms with Gasteiger partial charge in [-0.25, -0.2) is 0 Å². The zero-order chi connectivity index (χ0) is 13.7. The third kappa shape index (κ3) is 3.30. The molecule has 0 N–H and O–H groups in total. The Kier molecular flexibility index (Phi) is 4.48. The first-order valence-electron chi connectivity index (χ1n) is 6.53. The average molecular weight is 254 g/mol. The van der Waals surface area contributed by atoms with Crippen LogP contribution in [0, 0.1) is 0 Å². The van der Waals surface area contributed by atoms with Crippen molar-refractivity contribution in [2.75, 3.05) is 6.61 Å². The van der Waals surface area contributed by atoms with Gasteiger partial charge in [0, 0.05) is 12.2 Å². The Morgan fingerprint density at radius 1 is 1.00 bits per heavy atom. The molecule has 0 saturated carbocycles. The second kappa shape index (κ2) is 6.30. The van der Waals surface area contributed by atoms with Crippen LogP contribution < -0.4 is 0 Å². The molecule has 2 nitrogen and oxygen atoms in total. The summed E-state index contributed by atoms with van der Waals surface area (Å²) in [6, 6.07) is 17.8. The van der Waals surface area contributed by atoms with E-state index in [0.29, 0.717) is 12.2 Å². The van der Waals surface area contributed by atoms with Crippen LogP contribution in [0.4, 0.5) is 0 Å². The van der Waals surface area contributed by atoms with Crippen molar-refractivity contribution in [3.8, 4) is 11.1 Å². The van der Waals surface area contributed by atoms with E-state index in [4.69, 9.17) is 4.74 Å². The van der Waals surface area contributed by atoms with Gasteiger partial charge >= 0.3 is 0 Å². The number of hydrogen-bond acceptors (Lipinski definition) is 2. The third-order valence-corrected chi connectivity index (χ3v) is 3.06. The van der Waals surface area contributed by atoms with Gasteiger partial charge in [-0.1, -0.05) is 54.6 Å². The first-order valence-corrected chi connectivity index (χ1v) is 6.53. The molecule has 0 radical (unpaired) electrons. The lowest BCUT2D eigenvalue weighted by Crippen LogP contribution is -2.20. The van der Waals surface area contributed by atoms with E-state index in [1.807, 2.05) is 49.4 Å². The Balaban J connectivity index is 2.17. The van der Waals surface area contributed by atoms with Gasteiger partial charge < -0.3 is 4.74 Å². The molecule has 0 heterocycles. The highest BCUT2D eigenvalue weighted by molar-refractivity contribution is 5.99. The van der Waals surface area contributed by atoms with Crippen molar-refractivity contribution >= 4 is 5.78 Å². The van der Waals surface area contributed by atoms with Gasteiger partial charge in [0.25, 0.3) is 0 Å². The number of carbonyl (C=O) groups excluding carboxylic acids is 1. The normalized spacial score (nSPS) is 12.1. The zero-order valence-electron chi connectivity index (χ0n) is 11.3. The van der Waals surface area contributed by atoms with E-state index < -0.39 is 0 Å². The summed E-state index contributed by atoms with van der Waals surface area (Å²) in [5.74, 6) is 0.0291. The van der Waals surface area contributed by atoms with Crippen LogP contribution in [0.5, 0.6) is 0 Å². The number of Topliss-reactive ketones (excluding diaryl/α,β-unsaturated/α-hetero) is 1. The minimum Gasteiger partial charge on any atom is -0.371 e. The molecular formula is C17H18O2. The fourth-order valence-corrected chi connectivity index (χ4v) is 2.02. The molecule has 2 heteroatoms. The molecule has 2 aromatic rings. The minimum atomic E-state index is -0.382. The average Bonchev–Trinajstić information content (AvgIpc) is 2.48. The number of ketones is 1. The molecule has 0 fully saturated rings. The Morgan fingerprint density at radius 3 is 2.16 bits per heavy atom. The fourth-order valence-electron chi connectivity index (χ4n) is 2.02. The van der Waals surface area contributed by atoms with Crippen molar-refractivity contribution < 1.29 is 9.53 Å². The van der Waals surface area contributed by atoms with Gasteiger partial charge in [0.05, 0.1) is 0 Å². The second-order valence-corrected chi connectivity index (χ2v) is 4.41. The summed E-state index contributed by atoms with van der Waals surface area (Å²) in [5.41, 5.74) is 2.96. The zero-order valence-corrected chi connectivity index (χ0v) is 11.3. The first kappa shape index (κ1) is 13.5. The maximum atomic E-state index is 12.1. The maximum absolute atomic E-state index is 12.1. The van der Waals surface area contributed by atoms with Crippen LogP contribution in [0.3, 0.4) is 0 Å². The molecule has 0 aliphatic rings. The molecule has 1 unspecified atom stereocenters. The van der Waals surface area contributed by atoms with Crippen LogP contribution in [-0.2, 0) is 4.74 Å². The Labute approximate surface area is 114 Å². The number of rotatable bonds is 5. The highest BCUT2D eigenvalue weighted by Gasteiger charge is 2.14. The van der Waals surface area contributed by atoms with E-state index in [1.165, 1.54) is 0 Å². The summed E-state index contributed by atoms with van der Waals surface area (Å²) in [5, 5.41) is 0. The van der Waals surface area contributed by atoms with Gasteiger partial charge in [0.1, 0.15) is 6.10 Å². The molecule has 2 rings (SSSR count). The van der Waals surface area contributed by atoms with E-state index in [-0.39, 0.29) is 11.9 Å². The molecule has 0 aliphatic carbocycles. The summed E-state index contributed by atoms with van der Waals surface area (Å²) < 4.78 is 5.32. The van der Waals surface area contributed by atoms with Gasteiger partial charge in [0.15, 0.2) is 5.78 Å². The fraction of sp³-hybridized carbons (Fsp3) is 0.235. The summed E-state index contributed by atoms with van der Waals surface area (Å²) >= 11 is 0. The molecular weight excluding hydrogens is 236 g/mol. The predicted octanol–water partition coefficient (Wildman–Crippen LogP) is 3.96. The lowest BCUT2D eigenvalue weighted by molar-refractivity contribution is 0.0520. The van der Waals surface area contributed by atoms with E-state index >= 15 is 0 Å². The van der Waals surface area contributed by atoms with Gasteiger partial charge in [-0.2, -0.15) is 0 Å². The van der Waals surface area contributed by atoms with Crippen LogP contribution in [-0.4, -0.2) is 18.5 Å². The molecule has 2 aromatic carbocycles. The second-order valence-electron chi connectivity index (χ2n) is 4.41. The molecule has 0 aliphatic heterocycles. The monoisotopic (exact) mass is 254 g/mol. The quantitative estimate of drug-likeness (QED) is 0.755.